The third-order valence-electron chi connectivity index (χ3n) is 3.10. The minimum absolute atomic E-state index is 0.106. The summed E-state index contributed by atoms with van der Waals surface area (Å²) in [5.74, 6) is -1.30. The van der Waals surface area contributed by atoms with Crippen LogP contribution < -0.4 is 16.4 Å². The molecule has 2 amide bonds. The second-order valence-electron chi connectivity index (χ2n) is 6.39. The number of benzene rings is 1. The number of primary amides is 1. The normalized spacial score (nSPS) is 12.1. The Labute approximate surface area is 140 Å². The van der Waals surface area contributed by atoms with E-state index in [0.717, 1.165) is 0 Å². The number of nitrogens with one attached hydrogen (secondary N) is 3. The van der Waals surface area contributed by atoms with E-state index in [2.05, 4.69) is 15.7 Å². The Bertz CT molecular complexity index is 637. The Kier molecular flexibility index (Phi) is 6.58. The summed E-state index contributed by atoms with van der Waals surface area (Å²) in [6.07, 6.45) is 0.883. The van der Waals surface area contributed by atoms with Gasteiger partial charge in [0.05, 0.1) is 11.3 Å². The molecule has 24 heavy (non-hydrogen) atoms. The molecule has 1 rings (SSSR count). The van der Waals surface area contributed by atoms with Crippen LogP contribution in [0.1, 0.15) is 44.0 Å². The van der Waals surface area contributed by atoms with Crippen LogP contribution in [0, 0.1) is 5.53 Å². The molecule has 8 nitrogen and oxygen atoms in total. The SMILES string of the molecule is CC(C)(C)Nc1ccc(N=N)c(C(=O)NC(CCC=O)C(N)=O)c1. The first-order valence-electron chi connectivity index (χ1n) is 7.51. The molecule has 0 fully saturated rings. The number of hydrogen-bond acceptors (Lipinski definition) is 6. The molecule has 0 aromatic heterocycles. The van der Waals surface area contributed by atoms with E-state index < -0.39 is 17.9 Å². The molecule has 0 aliphatic rings. The van der Waals surface area contributed by atoms with Gasteiger partial charge in [0.25, 0.3) is 5.91 Å². The second kappa shape index (κ2) is 8.19. The van der Waals surface area contributed by atoms with Gasteiger partial charge in [-0.3, -0.25) is 9.59 Å². The molecule has 0 heterocycles. The number of hydrogen-bond donors (Lipinski definition) is 4. The first kappa shape index (κ1) is 19.3. The first-order chi connectivity index (χ1) is 11.2. The summed E-state index contributed by atoms with van der Waals surface area (Å²) in [4.78, 5) is 34.3. The van der Waals surface area contributed by atoms with Crippen LogP contribution >= 0.6 is 0 Å². The van der Waals surface area contributed by atoms with E-state index in [0.29, 0.717) is 12.0 Å². The van der Waals surface area contributed by atoms with Crippen molar-refractivity contribution in [2.75, 3.05) is 5.32 Å². The quantitative estimate of drug-likeness (QED) is 0.427. The summed E-state index contributed by atoms with van der Waals surface area (Å²) in [6, 6.07) is 3.86. The number of anilines is 1. The van der Waals surface area contributed by atoms with E-state index in [1.165, 1.54) is 0 Å². The summed E-state index contributed by atoms with van der Waals surface area (Å²) in [5.41, 5.74) is 13.2. The first-order valence-corrected chi connectivity index (χ1v) is 7.51. The monoisotopic (exact) mass is 333 g/mol. The fraction of sp³-hybridized carbons (Fsp3) is 0.438. The highest BCUT2D eigenvalue weighted by Gasteiger charge is 2.21. The molecule has 0 aliphatic heterocycles. The van der Waals surface area contributed by atoms with Crippen LogP contribution in [0.4, 0.5) is 11.4 Å². The van der Waals surface area contributed by atoms with Crippen LogP contribution in [0.2, 0.25) is 0 Å². The van der Waals surface area contributed by atoms with Crippen molar-refractivity contribution < 1.29 is 14.4 Å². The predicted molar refractivity (Wildman–Crippen MR) is 90.4 cm³/mol. The zero-order chi connectivity index (χ0) is 18.3. The van der Waals surface area contributed by atoms with E-state index in [1.807, 2.05) is 20.8 Å². The summed E-state index contributed by atoms with van der Waals surface area (Å²) in [7, 11) is 0. The molecule has 1 aromatic rings. The van der Waals surface area contributed by atoms with Gasteiger partial charge in [-0.1, -0.05) is 0 Å². The molecule has 0 aliphatic carbocycles. The number of carbonyl (C=O) groups is 3. The predicted octanol–water partition coefficient (Wildman–Crippen LogP) is 2.12. The molecular weight excluding hydrogens is 310 g/mol. The van der Waals surface area contributed by atoms with Crippen molar-refractivity contribution in [3.8, 4) is 0 Å². The van der Waals surface area contributed by atoms with Crippen LogP contribution in [0.3, 0.4) is 0 Å². The summed E-state index contributed by atoms with van der Waals surface area (Å²) >= 11 is 0. The molecule has 0 spiro atoms. The lowest BCUT2D eigenvalue weighted by Gasteiger charge is -2.23. The summed E-state index contributed by atoms with van der Waals surface area (Å²) in [6.45, 7) is 5.91. The van der Waals surface area contributed by atoms with E-state index in [4.69, 9.17) is 11.3 Å². The number of rotatable bonds is 8. The fourth-order valence-electron chi connectivity index (χ4n) is 2.08. The third-order valence-corrected chi connectivity index (χ3v) is 3.10. The summed E-state index contributed by atoms with van der Waals surface area (Å²) < 4.78 is 0. The van der Waals surface area contributed by atoms with E-state index in [-0.39, 0.29) is 29.6 Å². The smallest absolute Gasteiger partial charge is 0.254 e. The number of nitrogens with two attached hydrogens (primary N) is 1. The average Bonchev–Trinajstić information content (AvgIpc) is 2.49. The van der Waals surface area contributed by atoms with Gasteiger partial charge >= 0.3 is 0 Å². The van der Waals surface area contributed by atoms with Gasteiger partial charge in [-0.2, -0.15) is 5.11 Å². The van der Waals surface area contributed by atoms with E-state index in [1.54, 1.807) is 18.2 Å². The maximum atomic E-state index is 12.4. The maximum absolute atomic E-state index is 12.4. The van der Waals surface area contributed by atoms with Gasteiger partial charge in [-0.25, -0.2) is 5.53 Å². The van der Waals surface area contributed by atoms with Crippen molar-refractivity contribution in [3.63, 3.8) is 0 Å². The molecule has 0 radical (unpaired) electrons. The number of nitrogens with zero attached hydrogens (tertiary/aromatic N) is 1. The molecular formula is C16H23N5O3. The molecule has 1 unspecified atom stereocenters. The highest BCUT2D eigenvalue weighted by Crippen LogP contribution is 2.25. The Morgan fingerprint density at radius 2 is 2.04 bits per heavy atom. The Hall–Kier alpha value is -2.77. The van der Waals surface area contributed by atoms with Crippen molar-refractivity contribution in [2.45, 2.75) is 45.2 Å². The molecule has 8 heteroatoms. The molecule has 0 saturated carbocycles. The largest absolute Gasteiger partial charge is 0.380 e. The zero-order valence-corrected chi connectivity index (χ0v) is 14.1. The number of amides is 2. The van der Waals surface area contributed by atoms with Gasteiger partial charge in [0, 0.05) is 17.6 Å². The lowest BCUT2D eigenvalue weighted by atomic mass is 10.1. The van der Waals surface area contributed by atoms with Gasteiger partial charge in [0.2, 0.25) is 5.91 Å². The zero-order valence-electron chi connectivity index (χ0n) is 14.1. The van der Waals surface area contributed by atoms with Gasteiger partial charge in [0.15, 0.2) is 0 Å². The van der Waals surface area contributed by atoms with Crippen LogP contribution in [-0.4, -0.2) is 29.7 Å². The Morgan fingerprint density at radius 3 is 2.54 bits per heavy atom. The van der Waals surface area contributed by atoms with Crippen molar-refractivity contribution in [2.24, 2.45) is 10.8 Å². The van der Waals surface area contributed by atoms with E-state index in [9.17, 15) is 14.4 Å². The Morgan fingerprint density at radius 1 is 1.38 bits per heavy atom. The Balaban J connectivity index is 3.06. The molecule has 130 valence electrons. The molecule has 1 atom stereocenters. The highest BCUT2D eigenvalue weighted by molar-refractivity contribution is 6.02. The topological polar surface area (TPSA) is 138 Å². The summed E-state index contributed by atoms with van der Waals surface area (Å²) in [5, 5.41) is 9.04. The molecule has 0 bridgehead atoms. The standard InChI is InChI=1S/C16H23N5O3/c1-16(2,3)20-10-6-7-12(21-18)11(9-10)15(24)19-13(14(17)23)5-4-8-22/h6-9,13,18,20H,4-5H2,1-3H3,(H2,17,23)(H,19,24). The van der Waals surface area contributed by atoms with Crippen LogP contribution in [0.15, 0.2) is 23.3 Å². The lowest BCUT2D eigenvalue weighted by Crippen LogP contribution is -2.44. The van der Waals surface area contributed by atoms with Gasteiger partial charge < -0.3 is 21.2 Å². The molecule has 5 N–H and O–H groups in total. The van der Waals surface area contributed by atoms with Gasteiger partial charge in [0.1, 0.15) is 12.3 Å². The minimum Gasteiger partial charge on any atom is -0.380 e. The van der Waals surface area contributed by atoms with Crippen LogP contribution in [-0.2, 0) is 9.59 Å². The van der Waals surface area contributed by atoms with Crippen molar-refractivity contribution >= 4 is 29.5 Å². The number of aldehydes is 1. The maximum Gasteiger partial charge on any atom is 0.254 e. The van der Waals surface area contributed by atoms with Crippen LogP contribution in [0.5, 0.6) is 0 Å². The van der Waals surface area contributed by atoms with Crippen molar-refractivity contribution in [3.05, 3.63) is 23.8 Å². The van der Waals surface area contributed by atoms with Crippen LogP contribution in [0.25, 0.3) is 0 Å². The molecule has 1 aromatic carbocycles. The fourth-order valence-corrected chi connectivity index (χ4v) is 2.08. The van der Waals surface area contributed by atoms with Crippen molar-refractivity contribution in [1.82, 2.24) is 5.32 Å². The minimum atomic E-state index is -0.958. The van der Waals surface area contributed by atoms with Crippen molar-refractivity contribution in [1.29, 1.82) is 5.53 Å². The molecule has 0 saturated heterocycles. The third kappa shape index (κ3) is 5.79. The highest BCUT2D eigenvalue weighted by atomic mass is 16.2. The van der Waals surface area contributed by atoms with Gasteiger partial charge in [-0.05, 0) is 45.4 Å². The average molecular weight is 333 g/mol. The van der Waals surface area contributed by atoms with Gasteiger partial charge in [-0.15, -0.1) is 0 Å². The lowest BCUT2D eigenvalue weighted by molar-refractivity contribution is -0.120. The second-order valence-corrected chi connectivity index (χ2v) is 6.39. The number of carbonyl (C=O) groups excluding carboxylic acids is 3. The van der Waals surface area contributed by atoms with E-state index >= 15 is 0 Å².